The molecule has 0 aliphatic heterocycles. The second-order valence-corrected chi connectivity index (χ2v) is 5.59. The maximum atomic E-state index is 12.2. The first kappa shape index (κ1) is 18.2. The average molecular weight is 340 g/mol. The van der Waals surface area contributed by atoms with Gasteiger partial charge in [-0.05, 0) is 50.2 Å². The van der Waals surface area contributed by atoms with E-state index in [1.165, 1.54) is 13.8 Å². The zero-order valence-corrected chi connectivity index (χ0v) is 14.3. The molecule has 0 unspecified atom stereocenters. The first-order valence-corrected chi connectivity index (χ1v) is 7.81. The Morgan fingerprint density at radius 2 is 1.60 bits per heavy atom. The maximum Gasteiger partial charge on any atom is 0.265 e. The third-order valence-electron chi connectivity index (χ3n) is 3.39. The van der Waals surface area contributed by atoms with E-state index in [2.05, 4.69) is 10.6 Å². The summed E-state index contributed by atoms with van der Waals surface area (Å²) in [7, 11) is 0. The number of hydrogen-bond acceptors (Lipinski definition) is 4. The quantitative estimate of drug-likeness (QED) is 0.791. The largest absolute Gasteiger partial charge is 0.481 e. The van der Waals surface area contributed by atoms with Crippen molar-refractivity contribution < 1.29 is 19.1 Å². The normalized spacial score (nSPS) is 11.3. The Labute approximate surface area is 146 Å². The number of hydrogen-bond donors (Lipinski definition) is 2. The topological polar surface area (TPSA) is 84.5 Å². The minimum absolute atomic E-state index is 0.0698. The number of nitrogens with one attached hydrogen (secondary N) is 2. The van der Waals surface area contributed by atoms with Crippen LogP contribution in [0.5, 0.6) is 5.75 Å². The lowest BCUT2D eigenvalue weighted by Crippen LogP contribution is -2.30. The smallest absolute Gasteiger partial charge is 0.265 e. The molecule has 25 heavy (non-hydrogen) atoms. The Bertz CT molecular complexity index is 784. The summed E-state index contributed by atoms with van der Waals surface area (Å²) in [5.41, 5.74) is 1.71. The van der Waals surface area contributed by atoms with Crippen molar-refractivity contribution in [1.82, 2.24) is 0 Å². The van der Waals surface area contributed by atoms with Crippen molar-refractivity contribution >= 4 is 29.0 Å². The van der Waals surface area contributed by atoms with Gasteiger partial charge in [-0.2, -0.15) is 0 Å². The van der Waals surface area contributed by atoms with Gasteiger partial charge in [0.2, 0.25) is 5.91 Å². The molecule has 0 bridgehead atoms. The molecule has 0 aliphatic carbocycles. The van der Waals surface area contributed by atoms with Crippen molar-refractivity contribution in [3.63, 3.8) is 0 Å². The Morgan fingerprint density at radius 1 is 0.920 bits per heavy atom. The first-order chi connectivity index (χ1) is 11.8. The molecule has 0 fully saturated rings. The van der Waals surface area contributed by atoms with Gasteiger partial charge in [0.1, 0.15) is 5.75 Å². The van der Waals surface area contributed by atoms with Gasteiger partial charge in [-0.25, -0.2) is 0 Å². The molecule has 0 saturated heterocycles. The van der Waals surface area contributed by atoms with Crippen LogP contribution in [0, 0.1) is 0 Å². The lowest BCUT2D eigenvalue weighted by Gasteiger charge is -2.15. The van der Waals surface area contributed by atoms with Gasteiger partial charge in [-0.1, -0.05) is 12.1 Å². The number of carbonyl (C=O) groups is 3. The predicted molar refractivity (Wildman–Crippen MR) is 95.9 cm³/mol. The van der Waals surface area contributed by atoms with Crippen molar-refractivity contribution in [2.24, 2.45) is 0 Å². The Kier molecular flexibility index (Phi) is 5.89. The number of rotatable bonds is 6. The van der Waals surface area contributed by atoms with Crippen LogP contribution < -0.4 is 15.4 Å². The SMILES string of the molecule is CC(=O)Nc1ccc(O[C@@H](C)C(=O)Nc2cccc(C(C)=O)c2)cc1. The number of benzene rings is 2. The average Bonchev–Trinajstić information content (AvgIpc) is 2.56. The van der Waals surface area contributed by atoms with Gasteiger partial charge < -0.3 is 15.4 Å². The number of ketones is 1. The van der Waals surface area contributed by atoms with Gasteiger partial charge in [0.05, 0.1) is 0 Å². The van der Waals surface area contributed by atoms with E-state index in [0.29, 0.717) is 22.7 Å². The van der Waals surface area contributed by atoms with Crippen LogP contribution in [-0.2, 0) is 9.59 Å². The zero-order valence-electron chi connectivity index (χ0n) is 14.3. The molecule has 6 heteroatoms. The molecule has 1 atom stereocenters. The fourth-order valence-electron chi connectivity index (χ4n) is 2.14. The molecule has 0 spiro atoms. The molecule has 2 N–H and O–H groups in total. The predicted octanol–water partition coefficient (Wildman–Crippen LogP) is 3.25. The summed E-state index contributed by atoms with van der Waals surface area (Å²) in [6.07, 6.45) is -0.729. The fraction of sp³-hybridized carbons (Fsp3) is 0.211. The van der Waals surface area contributed by atoms with E-state index in [4.69, 9.17) is 4.74 Å². The molecular formula is C19H20N2O4. The highest BCUT2D eigenvalue weighted by atomic mass is 16.5. The van der Waals surface area contributed by atoms with Crippen LogP contribution in [0.3, 0.4) is 0 Å². The highest BCUT2D eigenvalue weighted by molar-refractivity contribution is 5.98. The van der Waals surface area contributed by atoms with E-state index >= 15 is 0 Å². The molecule has 2 amide bonds. The van der Waals surface area contributed by atoms with Gasteiger partial charge in [0, 0.05) is 23.9 Å². The Balaban J connectivity index is 1.97. The summed E-state index contributed by atoms with van der Waals surface area (Å²) in [6, 6.07) is 13.5. The molecule has 130 valence electrons. The molecule has 0 radical (unpaired) electrons. The second kappa shape index (κ2) is 8.10. The third-order valence-corrected chi connectivity index (χ3v) is 3.39. The standard InChI is InChI=1S/C19H20N2O4/c1-12(22)15-5-4-6-17(11-15)21-19(24)13(2)25-18-9-7-16(8-10-18)20-14(3)23/h4-11,13H,1-3H3,(H,20,23)(H,21,24)/t13-/m0/s1. The van der Waals surface area contributed by atoms with Crippen molar-refractivity contribution in [3.05, 3.63) is 54.1 Å². The number of amides is 2. The maximum absolute atomic E-state index is 12.2. The summed E-state index contributed by atoms with van der Waals surface area (Å²) in [6.45, 7) is 4.53. The van der Waals surface area contributed by atoms with Crippen molar-refractivity contribution in [1.29, 1.82) is 0 Å². The van der Waals surface area contributed by atoms with Crippen molar-refractivity contribution in [2.45, 2.75) is 26.9 Å². The monoisotopic (exact) mass is 340 g/mol. The lowest BCUT2D eigenvalue weighted by molar-refractivity contribution is -0.122. The van der Waals surface area contributed by atoms with E-state index < -0.39 is 6.10 Å². The van der Waals surface area contributed by atoms with Crippen LogP contribution in [0.1, 0.15) is 31.1 Å². The van der Waals surface area contributed by atoms with E-state index in [0.717, 1.165) is 0 Å². The molecule has 0 aliphatic rings. The summed E-state index contributed by atoms with van der Waals surface area (Å²) >= 11 is 0. The minimum atomic E-state index is -0.729. The number of ether oxygens (including phenoxy) is 1. The second-order valence-electron chi connectivity index (χ2n) is 5.59. The molecule has 2 rings (SSSR count). The highest BCUT2D eigenvalue weighted by Gasteiger charge is 2.15. The molecular weight excluding hydrogens is 320 g/mol. The molecule has 0 saturated carbocycles. The molecule has 2 aromatic carbocycles. The van der Waals surface area contributed by atoms with Crippen LogP contribution in [0.4, 0.5) is 11.4 Å². The lowest BCUT2D eigenvalue weighted by atomic mass is 10.1. The van der Waals surface area contributed by atoms with Crippen LogP contribution >= 0.6 is 0 Å². The van der Waals surface area contributed by atoms with Gasteiger partial charge >= 0.3 is 0 Å². The van der Waals surface area contributed by atoms with E-state index in [9.17, 15) is 14.4 Å². The minimum Gasteiger partial charge on any atom is -0.481 e. The number of Topliss-reactive ketones (excluding diaryl/α,β-unsaturated/α-hetero) is 1. The van der Waals surface area contributed by atoms with Crippen LogP contribution in [-0.4, -0.2) is 23.7 Å². The first-order valence-electron chi connectivity index (χ1n) is 7.81. The Hall–Kier alpha value is -3.15. The molecule has 2 aromatic rings. The zero-order chi connectivity index (χ0) is 18.4. The van der Waals surface area contributed by atoms with Crippen molar-refractivity contribution in [3.8, 4) is 5.75 Å². The molecule has 0 aromatic heterocycles. The highest BCUT2D eigenvalue weighted by Crippen LogP contribution is 2.18. The van der Waals surface area contributed by atoms with E-state index in [1.807, 2.05) is 0 Å². The Morgan fingerprint density at radius 3 is 2.20 bits per heavy atom. The summed E-state index contributed by atoms with van der Waals surface area (Å²) < 4.78 is 5.59. The van der Waals surface area contributed by atoms with Gasteiger partial charge in [0.15, 0.2) is 11.9 Å². The van der Waals surface area contributed by atoms with Crippen molar-refractivity contribution in [2.75, 3.05) is 10.6 Å². The van der Waals surface area contributed by atoms with Crippen LogP contribution in [0.2, 0.25) is 0 Å². The van der Waals surface area contributed by atoms with Gasteiger partial charge in [-0.3, -0.25) is 14.4 Å². The third kappa shape index (κ3) is 5.46. The van der Waals surface area contributed by atoms with Gasteiger partial charge in [0.25, 0.3) is 5.91 Å². The summed E-state index contributed by atoms with van der Waals surface area (Å²) in [5.74, 6) is -0.0465. The van der Waals surface area contributed by atoms with Crippen LogP contribution in [0.15, 0.2) is 48.5 Å². The van der Waals surface area contributed by atoms with Gasteiger partial charge in [-0.15, -0.1) is 0 Å². The number of carbonyl (C=O) groups excluding carboxylic acids is 3. The summed E-state index contributed by atoms with van der Waals surface area (Å²) in [4.78, 5) is 34.6. The molecule has 6 nitrogen and oxygen atoms in total. The van der Waals surface area contributed by atoms with Crippen LogP contribution in [0.25, 0.3) is 0 Å². The van der Waals surface area contributed by atoms with E-state index in [-0.39, 0.29) is 17.6 Å². The summed E-state index contributed by atoms with van der Waals surface area (Å²) in [5, 5.41) is 5.38. The van der Waals surface area contributed by atoms with E-state index in [1.54, 1.807) is 55.5 Å². The fourth-order valence-corrected chi connectivity index (χ4v) is 2.14. The number of anilines is 2. The molecule has 0 heterocycles.